The molecule has 0 spiro atoms. The van der Waals surface area contributed by atoms with Gasteiger partial charge in [0.2, 0.25) is 0 Å². The van der Waals surface area contributed by atoms with Gasteiger partial charge in [0.15, 0.2) is 0 Å². The van der Waals surface area contributed by atoms with Gasteiger partial charge in [-0.05, 0) is 88.2 Å². The molecule has 1 aromatic carbocycles. The molecule has 0 radical (unpaired) electrons. The number of hydrogen-bond donors (Lipinski definition) is 3. The summed E-state index contributed by atoms with van der Waals surface area (Å²) in [6.45, 7) is 3.08. The van der Waals surface area contributed by atoms with Gasteiger partial charge in [-0.3, -0.25) is 0 Å². The largest absolute Gasteiger partial charge is 0.494 e. The summed E-state index contributed by atoms with van der Waals surface area (Å²) in [6.07, 6.45) is 25.6. The summed E-state index contributed by atoms with van der Waals surface area (Å²) in [5.74, 6) is 2.84. The van der Waals surface area contributed by atoms with Crippen LogP contribution in [0.5, 0.6) is 5.75 Å². The minimum atomic E-state index is 0.501. The van der Waals surface area contributed by atoms with Gasteiger partial charge in [0.25, 0.3) is 0 Å². The monoisotopic (exact) mass is 487 g/mol. The van der Waals surface area contributed by atoms with E-state index in [0.717, 1.165) is 36.3 Å². The Hall–Kier alpha value is -1.26. The molecule has 4 nitrogen and oxygen atoms in total. The van der Waals surface area contributed by atoms with Crippen molar-refractivity contribution in [2.24, 2.45) is 23.3 Å². The van der Waals surface area contributed by atoms with E-state index in [-0.39, 0.29) is 0 Å². The van der Waals surface area contributed by atoms with Crippen molar-refractivity contribution >= 4 is 5.69 Å². The lowest BCUT2D eigenvalue weighted by atomic mass is 9.76. The predicted octanol–water partition coefficient (Wildman–Crippen LogP) is 7.98. The number of ether oxygens (including phenoxy) is 1. The van der Waals surface area contributed by atoms with E-state index < -0.39 is 0 Å². The fourth-order valence-corrected chi connectivity index (χ4v) is 5.70. The summed E-state index contributed by atoms with van der Waals surface area (Å²) in [7, 11) is 0. The Morgan fingerprint density at radius 1 is 0.686 bits per heavy atom. The number of anilines is 1. The van der Waals surface area contributed by atoms with Crippen molar-refractivity contribution in [2.45, 2.75) is 141 Å². The molecule has 0 bridgehead atoms. The Bertz CT molecular complexity index is 601. The van der Waals surface area contributed by atoms with Crippen LogP contribution in [-0.2, 0) is 0 Å². The first-order chi connectivity index (χ1) is 17.1. The average molecular weight is 488 g/mol. The summed E-state index contributed by atoms with van der Waals surface area (Å²) in [5.41, 5.74) is 18.3. The van der Waals surface area contributed by atoms with Crippen LogP contribution in [0.4, 0.5) is 5.69 Å². The Balaban J connectivity index is 0.000000256. The summed E-state index contributed by atoms with van der Waals surface area (Å²) in [5, 5.41) is 0. The minimum Gasteiger partial charge on any atom is -0.494 e. The summed E-state index contributed by atoms with van der Waals surface area (Å²) < 4.78 is 5.68. The standard InChI is InChI=1S/C18H31NO.C13H26N2/c1-2-3-4-5-6-7-8-9-10-11-15-20-18-14-12-13-17(19)16-18;14-12-5-1-10(2-6-12)9-11-3-7-13(15)8-4-11/h12-14,16H,2-11,15,19H2,1H3;10-13H,1-9,14-15H2. The van der Waals surface area contributed by atoms with E-state index in [2.05, 4.69) is 6.92 Å². The summed E-state index contributed by atoms with van der Waals surface area (Å²) in [4.78, 5) is 0. The van der Waals surface area contributed by atoms with E-state index in [4.69, 9.17) is 21.9 Å². The molecule has 202 valence electrons. The molecule has 1 aromatic rings. The second-order valence-corrected chi connectivity index (χ2v) is 11.4. The Morgan fingerprint density at radius 2 is 1.17 bits per heavy atom. The molecule has 0 unspecified atom stereocenters. The fourth-order valence-electron chi connectivity index (χ4n) is 5.70. The van der Waals surface area contributed by atoms with Gasteiger partial charge in [-0.15, -0.1) is 0 Å². The van der Waals surface area contributed by atoms with Crippen molar-refractivity contribution in [2.75, 3.05) is 12.3 Å². The van der Waals surface area contributed by atoms with Gasteiger partial charge in [-0.2, -0.15) is 0 Å². The third kappa shape index (κ3) is 14.8. The van der Waals surface area contributed by atoms with Gasteiger partial charge < -0.3 is 21.9 Å². The van der Waals surface area contributed by atoms with Crippen LogP contribution in [0.2, 0.25) is 0 Å². The van der Waals surface area contributed by atoms with Crippen LogP contribution in [0.3, 0.4) is 0 Å². The molecule has 0 amide bonds. The van der Waals surface area contributed by atoms with Crippen LogP contribution in [0.25, 0.3) is 0 Å². The molecule has 35 heavy (non-hydrogen) atoms. The molecule has 3 rings (SSSR count). The zero-order chi connectivity index (χ0) is 25.1. The first kappa shape index (κ1) is 30.0. The molecule has 2 fully saturated rings. The van der Waals surface area contributed by atoms with Crippen LogP contribution >= 0.6 is 0 Å². The number of unbranched alkanes of at least 4 members (excludes halogenated alkanes) is 9. The molecule has 6 N–H and O–H groups in total. The predicted molar refractivity (Wildman–Crippen MR) is 153 cm³/mol. The maximum atomic E-state index is 5.93. The van der Waals surface area contributed by atoms with Crippen LogP contribution in [0, 0.1) is 11.8 Å². The SMILES string of the molecule is CCCCCCCCCCCCOc1cccc(N)c1.NC1CCC(CC2CCC(N)CC2)CC1. The maximum Gasteiger partial charge on any atom is 0.121 e. The van der Waals surface area contributed by atoms with E-state index in [1.807, 2.05) is 24.3 Å². The molecule has 4 heteroatoms. The van der Waals surface area contributed by atoms with Crippen LogP contribution < -0.4 is 21.9 Å². The molecule has 2 aliphatic carbocycles. The van der Waals surface area contributed by atoms with Crippen molar-refractivity contribution in [1.82, 2.24) is 0 Å². The molecule has 0 aromatic heterocycles. The first-order valence-corrected chi connectivity index (χ1v) is 15.1. The number of rotatable bonds is 14. The lowest BCUT2D eigenvalue weighted by Gasteiger charge is -2.32. The van der Waals surface area contributed by atoms with Gasteiger partial charge in [0, 0.05) is 23.8 Å². The molecular weight excluding hydrogens is 430 g/mol. The van der Waals surface area contributed by atoms with Crippen LogP contribution in [-0.4, -0.2) is 18.7 Å². The first-order valence-electron chi connectivity index (χ1n) is 15.1. The van der Waals surface area contributed by atoms with Gasteiger partial charge in [0.1, 0.15) is 5.75 Å². The minimum absolute atomic E-state index is 0.501. The summed E-state index contributed by atoms with van der Waals surface area (Å²) in [6, 6.07) is 8.67. The van der Waals surface area contributed by atoms with E-state index in [1.54, 1.807) is 0 Å². The highest BCUT2D eigenvalue weighted by molar-refractivity contribution is 5.43. The van der Waals surface area contributed by atoms with Crippen molar-refractivity contribution in [3.63, 3.8) is 0 Å². The topological polar surface area (TPSA) is 87.3 Å². The molecule has 0 saturated heterocycles. The van der Waals surface area contributed by atoms with Crippen molar-refractivity contribution in [3.05, 3.63) is 24.3 Å². The van der Waals surface area contributed by atoms with Crippen molar-refractivity contribution < 1.29 is 4.74 Å². The number of hydrogen-bond acceptors (Lipinski definition) is 4. The lowest BCUT2D eigenvalue weighted by Crippen LogP contribution is -2.30. The van der Waals surface area contributed by atoms with Crippen LogP contribution in [0.15, 0.2) is 24.3 Å². The van der Waals surface area contributed by atoms with Crippen molar-refractivity contribution in [3.8, 4) is 5.75 Å². The lowest BCUT2D eigenvalue weighted by molar-refractivity contribution is 0.225. The Kier molecular flexibility index (Phi) is 16.2. The highest BCUT2D eigenvalue weighted by Gasteiger charge is 2.24. The number of nitrogens with two attached hydrogens (primary N) is 3. The zero-order valence-corrected chi connectivity index (χ0v) is 22.9. The van der Waals surface area contributed by atoms with E-state index >= 15 is 0 Å². The van der Waals surface area contributed by atoms with Gasteiger partial charge in [-0.1, -0.05) is 70.8 Å². The quantitative estimate of drug-likeness (QED) is 0.183. The molecule has 2 saturated carbocycles. The van der Waals surface area contributed by atoms with Gasteiger partial charge in [-0.25, -0.2) is 0 Å². The normalized spacial score (nSPS) is 24.4. The fraction of sp³-hybridized carbons (Fsp3) is 0.806. The molecule has 2 aliphatic rings. The van der Waals surface area contributed by atoms with E-state index in [9.17, 15) is 0 Å². The highest BCUT2D eigenvalue weighted by atomic mass is 16.5. The molecule has 0 heterocycles. The molecule has 0 atom stereocenters. The van der Waals surface area contributed by atoms with Crippen LogP contribution in [0.1, 0.15) is 129 Å². The molecule has 0 aliphatic heterocycles. The highest BCUT2D eigenvalue weighted by Crippen LogP contribution is 2.34. The molecular formula is C31H57N3O. The maximum absolute atomic E-state index is 5.93. The Labute approximate surface area is 217 Å². The van der Waals surface area contributed by atoms with E-state index in [0.29, 0.717) is 12.1 Å². The number of nitrogen functional groups attached to an aromatic ring is 1. The van der Waals surface area contributed by atoms with Crippen molar-refractivity contribution in [1.29, 1.82) is 0 Å². The smallest absolute Gasteiger partial charge is 0.121 e. The Morgan fingerprint density at radius 3 is 1.66 bits per heavy atom. The third-order valence-corrected chi connectivity index (χ3v) is 8.07. The van der Waals surface area contributed by atoms with E-state index in [1.165, 1.54) is 116 Å². The summed E-state index contributed by atoms with van der Waals surface area (Å²) >= 11 is 0. The second-order valence-electron chi connectivity index (χ2n) is 11.4. The third-order valence-electron chi connectivity index (χ3n) is 8.07. The average Bonchev–Trinajstić information content (AvgIpc) is 2.86. The second kappa shape index (κ2) is 18.9. The number of benzene rings is 1. The zero-order valence-electron chi connectivity index (χ0n) is 22.9. The van der Waals surface area contributed by atoms with Gasteiger partial charge in [0.05, 0.1) is 6.61 Å². The van der Waals surface area contributed by atoms with Gasteiger partial charge >= 0.3 is 0 Å².